The monoisotopic (exact) mass is 290 g/mol. The minimum absolute atomic E-state index is 0.132. The fraction of sp³-hybridized carbons (Fsp3) is 0.944. The zero-order chi connectivity index (χ0) is 14.3. The van der Waals surface area contributed by atoms with Gasteiger partial charge < -0.3 is 5.32 Å². The quantitative estimate of drug-likeness (QED) is 0.866. The van der Waals surface area contributed by atoms with Gasteiger partial charge in [-0.05, 0) is 69.9 Å². The van der Waals surface area contributed by atoms with E-state index in [4.69, 9.17) is 0 Å². The molecule has 0 bridgehead atoms. The van der Waals surface area contributed by atoms with Crippen molar-refractivity contribution in [2.24, 2.45) is 11.8 Å². The van der Waals surface area contributed by atoms with Crippen LogP contribution in [0.2, 0.25) is 0 Å². The molecule has 21 heavy (non-hydrogen) atoms. The van der Waals surface area contributed by atoms with Crippen molar-refractivity contribution < 1.29 is 4.79 Å². The second-order valence-corrected chi connectivity index (χ2v) is 7.94. The maximum absolute atomic E-state index is 13.1. The average molecular weight is 290 g/mol. The number of nitrogens with zero attached hydrogens (tertiary/aromatic N) is 1. The van der Waals surface area contributed by atoms with Crippen molar-refractivity contribution in [1.29, 1.82) is 0 Å². The number of nitrogens with one attached hydrogen (secondary N) is 1. The van der Waals surface area contributed by atoms with Crippen molar-refractivity contribution in [1.82, 2.24) is 10.2 Å². The summed E-state index contributed by atoms with van der Waals surface area (Å²) < 4.78 is 0. The number of fused-ring (bicyclic) bond motifs is 1. The first kappa shape index (κ1) is 14.0. The summed E-state index contributed by atoms with van der Waals surface area (Å²) in [6.07, 6.45) is 14.0. The van der Waals surface area contributed by atoms with Crippen LogP contribution in [0.1, 0.15) is 70.6 Å². The second kappa shape index (κ2) is 5.57. The number of hydrogen-bond donors (Lipinski definition) is 1. The Morgan fingerprint density at radius 3 is 2.43 bits per heavy atom. The van der Waals surface area contributed by atoms with Crippen molar-refractivity contribution in [2.75, 3.05) is 13.1 Å². The summed E-state index contributed by atoms with van der Waals surface area (Å²) in [5.41, 5.74) is -0.132. The Kier molecular flexibility index (Phi) is 3.72. The highest BCUT2D eigenvalue weighted by Gasteiger charge is 2.49. The maximum Gasteiger partial charge on any atom is 0.240 e. The Morgan fingerprint density at radius 2 is 1.67 bits per heavy atom. The van der Waals surface area contributed by atoms with Crippen LogP contribution in [0.15, 0.2) is 0 Å². The van der Waals surface area contributed by atoms with Gasteiger partial charge >= 0.3 is 0 Å². The summed E-state index contributed by atoms with van der Waals surface area (Å²) in [5.74, 6) is 2.10. The van der Waals surface area contributed by atoms with Crippen LogP contribution >= 0.6 is 0 Å². The molecule has 3 atom stereocenters. The third-order valence-corrected chi connectivity index (χ3v) is 6.96. The summed E-state index contributed by atoms with van der Waals surface area (Å²) in [7, 11) is 0. The SMILES string of the molecule is O=C(N[C@H]1CC[C@@H]2CCC[C@@H]21)C1(N2CCCC2)CCCC1. The molecule has 1 amide bonds. The van der Waals surface area contributed by atoms with Gasteiger partial charge in [0.15, 0.2) is 0 Å². The van der Waals surface area contributed by atoms with E-state index in [0.29, 0.717) is 11.9 Å². The average Bonchev–Trinajstić information content (AvgIpc) is 3.26. The first-order valence-electron chi connectivity index (χ1n) is 9.36. The number of amides is 1. The van der Waals surface area contributed by atoms with Crippen LogP contribution in [-0.2, 0) is 4.79 Å². The van der Waals surface area contributed by atoms with Crippen LogP contribution in [-0.4, -0.2) is 35.5 Å². The minimum Gasteiger partial charge on any atom is -0.351 e. The van der Waals surface area contributed by atoms with Gasteiger partial charge in [-0.2, -0.15) is 0 Å². The first-order chi connectivity index (χ1) is 10.3. The summed E-state index contributed by atoms with van der Waals surface area (Å²) >= 11 is 0. The zero-order valence-electron chi connectivity index (χ0n) is 13.3. The van der Waals surface area contributed by atoms with E-state index in [-0.39, 0.29) is 5.54 Å². The van der Waals surface area contributed by atoms with E-state index in [2.05, 4.69) is 10.2 Å². The Hall–Kier alpha value is -0.570. The van der Waals surface area contributed by atoms with Gasteiger partial charge in [-0.15, -0.1) is 0 Å². The van der Waals surface area contributed by atoms with Crippen molar-refractivity contribution >= 4 is 5.91 Å². The van der Waals surface area contributed by atoms with Gasteiger partial charge in [0.25, 0.3) is 0 Å². The molecular formula is C18H30N2O. The molecule has 0 aromatic heterocycles. The van der Waals surface area contributed by atoms with Crippen LogP contribution in [0.4, 0.5) is 0 Å². The molecule has 0 spiro atoms. The molecule has 3 saturated carbocycles. The fourth-order valence-corrected chi connectivity index (χ4v) is 5.84. The molecule has 1 heterocycles. The number of likely N-dealkylation sites (tertiary alicyclic amines) is 1. The molecule has 0 aromatic carbocycles. The molecule has 0 unspecified atom stereocenters. The lowest BCUT2D eigenvalue weighted by molar-refractivity contribution is -0.134. The topological polar surface area (TPSA) is 32.3 Å². The van der Waals surface area contributed by atoms with E-state index in [0.717, 1.165) is 37.8 Å². The molecule has 4 fully saturated rings. The summed E-state index contributed by atoms with van der Waals surface area (Å²) in [5, 5.41) is 3.53. The summed E-state index contributed by atoms with van der Waals surface area (Å²) in [6.45, 7) is 2.29. The highest BCUT2D eigenvalue weighted by atomic mass is 16.2. The third-order valence-electron chi connectivity index (χ3n) is 6.96. The van der Waals surface area contributed by atoms with Gasteiger partial charge in [-0.3, -0.25) is 9.69 Å². The van der Waals surface area contributed by atoms with E-state index in [1.165, 1.54) is 57.8 Å². The van der Waals surface area contributed by atoms with Crippen LogP contribution < -0.4 is 5.32 Å². The van der Waals surface area contributed by atoms with E-state index < -0.39 is 0 Å². The molecule has 1 N–H and O–H groups in total. The van der Waals surface area contributed by atoms with Gasteiger partial charge in [-0.25, -0.2) is 0 Å². The predicted octanol–water partition coefficient (Wildman–Crippen LogP) is 3.09. The minimum atomic E-state index is -0.132. The van der Waals surface area contributed by atoms with Crippen molar-refractivity contribution in [3.63, 3.8) is 0 Å². The first-order valence-corrected chi connectivity index (χ1v) is 9.36. The lowest BCUT2D eigenvalue weighted by atomic mass is 9.92. The van der Waals surface area contributed by atoms with Crippen molar-refractivity contribution in [3.8, 4) is 0 Å². The highest BCUT2D eigenvalue weighted by molar-refractivity contribution is 5.87. The van der Waals surface area contributed by atoms with Gasteiger partial charge in [0.1, 0.15) is 5.54 Å². The summed E-state index contributed by atoms with van der Waals surface area (Å²) in [6, 6.07) is 0.491. The van der Waals surface area contributed by atoms with Gasteiger partial charge in [0, 0.05) is 6.04 Å². The molecule has 4 aliphatic rings. The van der Waals surface area contributed by atoms with E-state index in [1.54, 1.807) is 0 Å². The maximum atomic E-state index is 13.1. The fourth-order valence-electron chi connectivity index (χ4n) is 5.84. The Morgan fingerprint density at radius 1 is 0.905 bits per heavy atom. The normalized spacial score (nSPS) is 38.8. The standard InChI is InChI=1S/C18H30N2O/c21-17(19-16-9-8-14-6-5-7-15(14)16)18(10-1-2-11-18)20-12-3-4-13-20/h14-16H,1-13H2,(H,19,21)/t14-,15-,16-/m0/s1. The zero-order valence-corrected chi connectivity index (χ0v) is 13.3. The van der Waals surface area contributed by atoms with Crippen LogP contribution in [0.5, 0.6) is 0 Å². The van der Waals surface area contributed by atoms with Crippen LogP contribution in [0, 0.1) is 11.8 Å². The van der Waals surface area contributed by atoms with Gasteiger partial charge in [0.2, 0.25) is 5.91 Å². The van der Waals surface area contributed by atoms with Crippen molar-refractivity contribution in [3.05, 3.63) is 0 Å². The third kappa shape index (κ3) is 2.32. The second-order valence-electron chi connectivity index (χ2n) is 7.94. The van der Waals surface area contributed by atoms with E-state index in [1.807, 2.05) is 0 Å². The molecule has 0 aromatic rings. The number of hydrogen-bond acceptors (Lipinski definition) is 2. The van der Waals surface area contributed by atoms with Crippen LogP contribution in [0.25, 0.3) is 0 Å². The lowest BCUT2D eigenvalue weighted by Gasteiger charge is -2.38. The summed E-state index contributed by atoms with van der Waals surface area (Å²) in [4.78, 5) is 15.7. The van der Waals surface area contributed by atoms with Gasteiger partial charge in [-0.1, -0.05) is 25.7 Å². The Labute approximate surface area is 128 Å². The van der Waals surface area contributed by atoms with E-state index in [9.17, 15) is 4.79 Å². The molecular weight excluding hydrogens is 260 g/mol. The van der Waals surface area contributed by atoms with E-state index >= 15 is 0 Å². The molecule has 1 aliphatic heterocycles. The predicted molar refractivity (Wildman–Crippen MR) is 84.0 cm³/mol. The number of carbonyl (C=O) groups excluding carboxylic acids is 1. The highest BCUT2D eigenvalue weighted by Crippen LogP contribution is 2.45. The molecule has 1 saturated heterocycles. The number of carbonyl (C=O) groups is 1. The smallest absolute Gasteiger partial charge is 0.240 e. The van der Waals surface area contributed by atoms with Crippen molar-refractivity contribution in [2.45, 2.75) is 82.2 Å². The molecule has 0 radical (unpaired) electrons. The Balaban J connectivity index is 1.47. The molecule has 3 aliphatic carbocycles. The lowest BCUT2D eigenvalue weighted by Crippen LogP contribution is -2.58. The molecule has 118 valence electrons. The van der Waals surface area contributed by atoms with Gasteiger partial charge in [0.05, 0.1) is 0 Å². The van der Waals surface area contributed by atoms with Crippen LogP contribution in [0.3, 0.4) is 0 Å². The largest absolute Gasteiger partial charge is 0.351 e. The number of rotatable bonds is 3. The Bertz CT molecular complexity index is 396. The molecule has 4 rings (SSSR count). The molecule has 3 nitrogen and oxygen atoms in total. The molecule has 3 heteroatoms.